The first-order valence-corrected chi connectivity index (χ1v) is 12.4. The number of hydrogen-bond acceptors (Lipinski definition) is 0. The van der Waals surface area contributed by atoms with Crippen molar-refractivity contribution in [2.75, 3.05) is 0 Å². The SMILES string of the molecule is c1ccc(-c2ccc3[nH]c4ccc5c(ccc6[nH]c7ccc(-c8ccccc8)cc7c65)c4c3c2)cc1. The first-order chi connectivity index (χ1) is 17.8. The molecule has 0 aliphatic rings. The van der Waals surface area contributed by atoms with Gasteiger partial charge in [0.05, 0.1) is 0 Å². The van der Waals surface area contributed by atoms with E-state index in [9.17, 15) is 0 Å². The molecule has 0 fully saturated rings. The van der Waals surface area contributed by atoms with E-state index in [-0.39, 0.29) is 0 Å². The maximum Gasteiger partial charge on any atom is 0.0471 e. The van der Waals surface area contributed by atoms with Crippen molar-refractivity contribution in [3.8, 4) is 22.3 Å². The zero-order chi connectivity index (χ0) is 23.6. The smallest absolute Gasteiger partial charge is 0.0471 e. The standard InChI is InChI=1S/C34H22N2/c1-3-7-21(8-4-1)23-11-15-29-27(19-23)33-25-13-18-32-34(26(25)14-17-31(33)35-29)28-20-24(12-16-30(28)36-32)22-9-5-2-6-10-22/h1-20,35-36H. The van der Waals surface area contributed by atoms with Gasteiger partial charge in [-0.15, -0.1) is 0 Å². The number of aromatic nitrogens is 2. The molecule has 2 heteroatoms. The Labute approximate surface area is 207 Å². The quantitative estimate of drug-likeness (QED) is 0.258. The second-order valence-electron chi connectivity index (χ2n) is 9.57. The molecular weight excluding hydrogens is 436 g/mol. The minimum absolute atomic E-state index is 1.17. The van der Waals surface area contributed by atoms with Crippen molar-refractivity contribution < 1.29 is 0 Å². The summed E-state index contributed by atoms with van der Waals surface area (Å²) in [5.41, 5.74) is 9.63. The topological polar surface area (TPSA) is 31.6 Å². The summed E-state index contributed by atoms with van der Waals surface area (Å²) in [6.45, 7) is 0. The van der Waals surface area contributed by atoms with Gasteiger partial charge >= 0.3 is 0 Å². The predicted octanol–water partition coefficient (Wildman–Crippen LogP) is 9.44. The summed E-state index contributed by atoms with van der Waals surface area (Å²) in [6.07, 6.45) is 0. The van der Waals surface area contributed by atoms with Gasteiger partial charge in [0.25, 0.3) is 0 Å². The lowest BCUT2D eigenvalue weighted by molar-refractivity contribution is 1.54. The molecule has 2 heterocycles. The summed E-state index contributed by atoms with van der Waals surface area (Å²) in [6, 6.07) is 43.7. The van der Waals surface area contributed by atoms with Crippen LogP contribution in [0.4, 0.5) is 0 Å². The molecule has 0 bridgehead atoms. The minimum Gasteiger partial charge on any atom is -0.354 e. The molecule has 2 N–H and O–H groups in total. The van der Waals surface area contributed by atoms with E-state index in [0.29, 0.717) is 0 Å². The fourth-order valence-electron chi connectivity index (χ4n) is 5.83. The summed E-state index contributed by atoms with van der Waals surface area (Å²) in [4.78, 5) is 7.30. The predicted molar refractivity (Wildman–Crippen MR) is 154 cm³/mol. The molecule has 2 aromatic heterocycles. The number of hydrogen-bond donors (Lipinski definition) is 2. The van der Waals surface area contributed by atoms with Gasteiger partial charge in [-0.1, -0.05) is 84.9 Å². The van der Waals surface area contributed by atoms with E-state index in [1.54, 1.807) is 0 Å². The molecule has 0 aliphatic carbocycles. The first-order valence-electron chi connectivity index (χ1n) is 12.4. The summed E-state index contributed by atoms with van der Waals surface area (Å²) < 4.78 is 0. The monoisotopic (exact) mass is 458 g/mol. The second kappa shape index (κ2) is 7.34. The molecule has 8 aromatic rings. The Hall–Kier alpha value is -4.82. The summed E-state index contributed by atoms with van der Waals surface area (Å²) in [5, 5.41) is 7.67. The third-order valence-corrected chi connectivity index (χ3v) is 7.53. The van der Waals surface area contributed by atoms with Crippen LogP contribution in [-0.2, 0) is 0 Å². The lowest BCUT2D eigenvalue weighted by Gasteiger charge is -2.06. The van der Waals surface area contributed by atoms with Crippen LogP contribution in [0.25, 0.3) is 76.6 Å². The van der Waals surface area contributed by atoms with Crippen LogP contribution < -0.4 is 0 Å². The molecule has 0 spiro atoms. The number of aromatic amines is 2. The molecule has 168 valence electrons. The van der Waals surface area contributed by atoms with Crippen molar-refractivity contribution in [2.45, 2.75) is 0 Å². The van der Waals surface area contributed by atoms with E-state index in [1.807, 2.05) is 0 Å². The third kappa shape index (κ3) is 2.79. The van der Waals surface area contributed by atoms with Crippen LogP contribution >= 0.6 is 0 Å². The average molecular weight is 459 g/mol. The number of fused-ring (bicyclic) bond motifs is 9. The Morgan fingerprint density at radius 2 is 0.722 bits per heavy atom. The van der Waals surface area contributed by atoms with E-state index < -0.39 is 0 Å². The molecule has 8 rings (SSSR count). The molecule has 6 aromatic carbocycles. The van der Waals surface area contributed by atoms with Crippen molar-refractivity contribution in [2.24, 2.45) is 0 Å². The molecule has 36 heavy (non-hydrogen) atoms. The van der Waals surface area contributed by atoms with Gasteiger partial charge in [0.1, 0.15) is 0 Å². The molecule has 0 saturated heterocycles. The van der Waals surface area contributed by atoms with E-state index in [1.165, 1.54) is 76.6 Å². The lowest BCUT2D eigenvalue weighted by atomic mass is 9.97. The Morgan fingerprint density at radius 3 is 1.17 bits per heavy atom. The number of benzene rings is 6. The second-order valence-corrected chi connectivity index (χ2v) is 9.57. The van der Waals surface area contributed by atoms with Gasteiger partial charge in [0.2, 0.25) is 0 Å². The van der Waals surface area contributed by atoms with Crippen LogP contribution in [0, 0.1) is 0 Å². The highest BCUT2D eigenvalue weighted by molar-refractivity contribution is 6.29. The van der Waals surface area contributed by atoms with E-state index in [4.69, 9.17) is 0 Å². The highest BCUT2D eigenvalue weighted by atomic mass is 14.7. The van der Waals surface area contributed by atoms with E-state index in [2.05, 4.69) is 131 Å². The third-order valence-electron chi connectivity index (χ3n) is 7.53. The molecule has 2 nitrogen and oxygen atoms in total. The van der Waals surface area contributed by atoms with E-state index in [0.717, 1.165) is 0 Å². The maximum absolute atomic E-state index is 3.65. The Bertz CT molecular complexity index is 1920. The maximum atomic E-state index is 3.65. The summed E-state index contributed by atoms with van der Waals surface area (Å²) >= 11 is 0. The van der Waals surface area contributed by atoms with Crippen LogP contribution in [0.3, 0.4) is 0 Å². The average Bonchev–Trinajstić information content (AvgIpc) is 3.51. The molecule has 0 radical (unpaired) electrons. The van der Waals surface area contributed by atoms with Crippen molar-refractivity contribution in [3.63, 3.8) is 0 Å². The van der Waals surface area contributed by atoms with Gasteiger partial charge < -0.3 is 9.97 Å². The van der Waals surface area contributed by atoms with Gasteiger partial charge in [0.15, 0.2) is 0 Å². The van der Waals surface area contributed by atoms with Crippen molar-refractivity contribution in [3.05, 3.63) is 121 Å². The number of rotatable bonds is 2. The van der Waals surface area contributed by atoms with E-state index >= 15 is 0 Å². The summed E-state index contributed by atoms with van der Waals surface area (Å²) in [5.74, 6) is 0. The first kappa shape index (κ1) is 19.5. The van der Waals surface area contributed by atoms with Crippen molar-refractivity contribution >= 4 is 54.4 Å². The number of H-pyrrole nitrogens is 2. The highest BCUT2D eigenvalue weighted by Gasteiger charge is 2.14. The zero-order valence-electron chi connectivity index (χ0n) is 19.5. The van der Waals surface area contributed by atoms with Gasteiger partial charge in [-0.25, -0.2) is 0 Å². The Balaban J connectivity index is 1.44. The highest BCUT2D eigenvalue weighted by Crippen LogP contribution is 2.40. The molecule has 0 unspecified atom stereocenters. The number of nitrogens with one attached hydrogen (secondary N) is 2. The molecule has 0 saturated carbocycles. The van der Waals surface area contributed by atoms with Crippen molar-refractivity contribution in [1.29, 1.82) is 0 Å². The zero-order valence-corrected chi connectivity index (χ0v) is 19.5. The molecule has 0 atom stereocenters. The van der Waals surface area contributed by atoms with Gasteiger partial charge in [0, 0.05) is 43.6 Å². The fraction of sp³-hybridized carbons (Fsp3) is 0. The lowest BCUT2D eigenvalue weighted by Crippen LogP contribution is -1.79. The van der Waals surface area contributed by atoms with Crippen LogP contribution in [-0.4, -0.2) is 9.97 Å². The van der Waals surface area contributed by atoms with Crippen LogP contribution in [0.2, 0.25) is 0 Å². The van der Waals surface area contributed by atoms with Gasteiger partial charge in [-0.05, 0) is 69.4 Å². The molecule has 0 amide bonds. The largest absolute Gasteiger partial charge is 0.354 e. The normalized spacial score (nSPS) is 11.9. The van der Waals surface area contributed by atoms with Crippen molar-refractivity contribution in [1.82, 2.24) is 9.97 Å². The molecular formula is C34H22N2. The van der Waals surface area contributed by atoms with Gasteiger partial charge in [-0.2, -0.15) is 0 Å². The van der Waals surface area contributed by atoms with Gasteiger partial charge in [-0.3, -0.25) is 0 Å². The van der Waals surface area contributed by atoms with Crippen LogP contribution in [0.15, 0.2) is 121 Å². The van der Waals surface area contributed by atoms with Crippen LogP contribution in [0.5, 0.6) is 0 Å². The fourth-order valence-corrected chi connectivity index (χ4v) is 5.83. The Morgan fingerprint density at radius 1 is 0.306 bits per heavy atom. The Kier molecular flexibility index (Phi) is 3.97. The molecule has 0 aliphatic heterocycles. The van der Waals surface area contributed by atoms with Crippen LogP contribution in [0.1, 0.15) is 0 Å². The summed E-state index contributed by atoms with van der Waals surface area (Å²) in [7, 11) is 0. The minimum atomic E-state index is 1.17.